The monoisotopic (exact) mass is 379 g/mol. The van der Waals surface area contributed by atoms with Gasteiger partial charge in [-0.3, -0.25) is 9.78 Å². The van der Waals surface area contributed by atoms with Crippen molar-refractivity contribution in [3.05, 3.63) is 58.9 Å². The molecule has 0 aliphatic carbocycles. The summed E-state index contributed by atoms with van der Waals surface area (Å²) in [5.41, 5.74) is 2.59. The number of hydrogen-bond donors (Lipinski definition) is 2. The van der Waals surface area contributed by atoms with E-state index in [0.717, 1.165) is 37.7 Å². The summed E-state index contributed by atoms with van der Waals surface area (Å²) in [6.45, 7) is 3.27. The minimum absolute atomic E-state index is 0.260. The van der Waals surface area contributed by atoms with Gasteiger partial charge >= 0.3 is 0 Å². The van der Waals surface area contributed by atoms with Crippen LogP contribution in [0.4, 0.5) is 17.3 Å². The minimum Gasteiger partial charge on any atom is -0.497 e. The predicted molar refractivity (Wildman–Crippen MR) is 107 cm³/mol. The third-order valence-corrected chi connectivity index (χ3v) is 4.57. The smallest absolute Gasteiger partial charge is 0.279 e. The lowest BCUT2D eigenvalue weighted by molar-refractivity contribution is 0.122. The summed E-state index contributed by atoms with van der Waals surface area (Å²) in [7, 11) is 1.59. The molecule has 2 aromatic carbocycles. The van der Waals surface area contributed by atoms with Crippen molar-refractivity contribution in [2.75, 3.05) is 43.6 Å². The highest BCUT2D eigenvalue weighted by Gasteiger charge is 2.11. The van der Waals surface area contributed by atoms with E-state index in [1.807, 2.05) is 24.3 Å². The maximum Gasteiger partial charge on any atom is 0.279 e. The third kappa shape index (κ3) is 3.96. The first-order chi connectivity index (χ1) is 13.7. The first-order valence-corrected chi connectivity index (χ1v) is 9.04. The van der Waals surface area contributed by atoms with Crippen molar-refractivity contribution in [1.82, 2.24) is 15.2 Å². The van der Waals surface area contributed by atoms with Crippen molar-refractivity contribution in [1.29, 1.82) is 0 Å². The van der Waals surface area contributed by atoms with Crippen LogP contribution in [0.3, 0.4) is 0 Å². The summed E-state index contributed by atoms with van der Waals surface area (Å²) in [6.07, 6.45) is 0. The lowest BCUT2D eigenvalue weighted by Crippen LogP contribution is -2.36. The molecule has 0 atom stereocenters. The Morgan fingerprint density at radius 2 is 1.75 bits per heavy atom. The Bertz CT molecular complexity index is 980. The number of nitrogens with one attached hydrogen (secondary N) is 2. The molecular formula is C20H21N5O3. The quantitative estimate of drug-likeness (QED) is 0.703. The molecule has 4 rings (SSSR count). The summed E-state index contributed by atoms with van der Waals surface area (Å²) in [5.74, 6) is 1.01. The topological polar surface area (TPSA) is 92.4 Å². The van der Waals surface area contributed by atoms with Crippen LogP contribution < -0.4 is 20.5 Å². The van der Waals surface area contributed by atoms with Crippen LogP contribution >= 0.6 is 0 Å². The number of anilines is 3. The minimum atomic E-state index is -0.312. The van der Waals surface area contributed by atoms with E-state index in [0.29, 0.717) is 17.3 Å². The molecule has 1 aromatic heterocycles. The third-order valence-electron chi connectivity index (χ3n) is 4.57. The fourth-order valence-electron chi connectivity index (χ4n) is 3.04. The van der Waals surface area contributed by atoms with Gasteiger partial charge in [0, 0.05) is 30.0 Å². The molecule has 0 unspecified atom stereocenters. The van der Waals surface area contributed by atoms with E-state index < -0.39 is 0 Å². The molecule has 28 heavy (non-hydrogen) atoms. The van der Waals surface area contributed by atoms with E-state index in [4.69, 9.17) is 9.47 Å². The highest BCUT2D eigenvalue weighted by atomic mass is 16.5. The van der Waals surface area contributed by atoms with Gasteiger partial charge < -0.3 is 19.7 Å². The molecule has 1 saturated heterocycles. The van der Waals surface area contributed by atoms with Crippen LogP contribution in [0.25, 0.3) is 11.3 Å². The molecule has 1 aliphatic rings. The Kier molecular flexibility index (Phi) is 5.20. The average molecular weight is 379 g/mol. The zero-order chi connectivity index (χ0) is 19.3. The van der Waals surface area contributed by atoms with Gasteiger partial charge in [-0.1, -0.05) is 0 Å². The zero-order valence-corrected chi connectivity index (χ0v) is 15.5. The number of methoxy groups -OCH3 is 1. The van der Waals surface area contributed by atoms with Gasteiger partial charge in [0.25, 0.3) is 5.56 Å². The first kappa shape index (κ1) is 18.0. The molecule has 0 amide bonds. The molecule has 0 saturated carbocycles. The number of benzene rings is 2. The lowest BCUT2D eigenvalue weighted by atomic mass is 10.1. The van der Waals surface area contributed by atoms with E-state index in [1.165, 1.54) is 0 Å². The van der Waals surface area contributed by atoms with Gasteiger partial charge in [0.1, 0.15) is 5.75 Å². The molecule has 8 heteroatoms. The van der Waals surface area contributed by atoms with Crippen LogP contribution in [0.2, 0.25) is 0 Å². The second-order valence-electron chi connectivity index (χ2n) is 6.35. The zero-order valence-electron chi connectivity index (χ0n) is 15.5. The van der Waals surface area contributed by atoms with Crippen molar-refractivity contribution in [3.63, 3.8) is 0 Å². The Balaban J connectivity index is 1.47. The summed E-state index contributed by atoms with van der Waals surface area (Å²) in [6, 6.07) is 15.1. The second-order valence-corrected chi connectivity index (χ2v) is 6.35. The van der Waals surface area contributed by atoms with Gasteiger partial charge in [-0.15, -0.1) is 10.2 Å². The van der Waals surface area contributed by atoms with Gasteiger partial charge in [0.2, 0.25) is 5.95 Å². The van der Waals surface area contributed by atoms with Crippen LogP contribution in [-0.4, -0.2) is 48.6 Å². The molecule has 2 N–H and O–H groups in total. The number of morpholine rings is 1. The summed E-state index contributed by atoms with van der Waals surface area (Å²) in [5, 5.41) is 11.2. The maximum atomic E-state index is 12.4. The van der Waals surface area contributed by atoms with Crippen LogP contribution in [0.1, 0.15) is 0 Å². The fourth-order valence-corrected chi connectivity index (χ4v) is 3.04. The van der Waals surface area contributed by atoms with Crippen LogP contribution in [0.15, 0.2) is 53.3 Å². The summed E-state index contributed by atoms with van der Waals surface area (Å²) >= 11 is 0. The van der Waals surface area contributed by atoms with Crippen molar-refractivity contribution in [3.8, 4) is 17.0 Å². The largest absolute Gasteiger partial charge is 0.497 e. The number of aromatic amines is 1. The van der Waals surface area contributed by atoms with Gasteiger partial charge in [0.15, 0.2) is 5.69 Å². The van der Waals surface area contributed by atoms with Crippen molar-refractivity contribution < 1.29 is 9.47 Å². The van der Waals surface area contributed by atoms with Crippen LogP contribution in [0.5, 0.6) is 5.75 Å². The Morgan fingerprint density at radius 3 is 2.39 bits per heavy atom. The fraction of sp³-hybridized carbons (Fsp3) is 0.250. The highest BCUT2D eigenvalue weighted by Crippen LogP contribution is 2.21. The lowest BCUT2D eigenvalue weighted by Gasteiger charge is -2.28. The maximum absolute atomic E-state index is 12.4. The van der Waals surface area contributed by atoms with Crippen molar-refractivity contribution in [2.24, 2.45) is 0 Å². The molecule has 1 fully saturated rings. The van der Waals surface area contributed by atoms with Gasteiger partial charge in [-0.25, -0.2) is 0 Å². The van der Waals surface area contributed by atoms with Gasteiger partial charge in [-0.05, 0) is 48.5 Å². The van der Waals surface area contributed by atoms with Crippen molar-refractivity contribution >= 4 is 17.3 Å². The molecule has 0 spiro atoms. The summed E-state index contributed by atoms with van der Waals surface area (Å²) < 4.78 is 10.5. The Labute approximate surface area is 162 Å². The first-order valence-electron chi connectivity index (χ1n) is 9.04. The molecule has 3 aromatic rings. The molecule has 0 radical (unpaired) electrons. The Hall–Kier alpha value is -3.39. The predicted octanol–water partition coefficient (Wildman–Crippen LogP) is 2.42. The number of aromatic nitrogens is 3. The number of H-pyrrole nitrogens is 1. The van der Waals surface area contributed by atoms with Gasteiger partial charge in [0.05, 0.1) is 20.3 Å². The summed E-state index contributed by atoms with van der Waals surface area (Å²) in [4.78, 5) is 17.4. The van der Waals surface area contributed by atoms with Gasteiger partial charge in [-0.2, -0.15) is 0 Å². The Morgan fingerprint density at radius 1 is 1.04 bits per heavy atom. The number of ether oxygens (including phenoxy) is 2. The molecule has 0 bridgehead atoms. The molecule has 8 nitrogen and oxygen atoms in total. The highest BCUT2D eigenvalue weighted by molar-refractivity contribution is 5.61. The molecule has 2 heterocycles. The molecular weight excluding hydrogens is 358 g/mol. The van der Waals surface area contributed by atoms with Crippen LogP contribution in [-0.2, 0) is 4.74 Å². The number of nitrogens with zero attached hydrogens (tertiary/aromatic N) is 3. The average Bonchev–Trinajstić information content (AvgIpc) is 2.75. The van der Waals surface area contributed by atoms with Crippen LogP contribution in [0, 0.1) is 0 Å². The normalized spacial score (nSPS) is 14.0. The number of hydrogen-bond acceptors (Lipinski definition) is 7. The van der Waals surface area contributed by atoms with E-state index in [1.54, 1.807) is 31.4 Å². The van der Waals surface area contributed by atoms with E-state index in [-0.39, 0.29) is 11.3 Å². The second kappa shape index (κ2) is 8.10. The molecule has 144 valence electrons. The van der Waals surface area contributed by atoms with E-state index in [9.17, 15) is 4.79 Å². The van der Waals surface area contributed by atoms with Crippen molar-refractivity contribution in [2.45, 2.75) is 0 Å². The number of rotatable bonds is 5. The molecule has 1 aliphatic heterocycles. The standard InChI is InChI=1S/C20H21N5O3/c1-27-17-8-2-14(3-9-17)18-19(26)22-20(24-23-18)21-15-4-6-16(7-5-15)25-10-12-28-13-11-25/h2-9H,10-13H2,1H3,(H2,21,22,24,26). The SMILES string of the molecule is COc1ccc(-c2nnc(Nc3ccc(N4CCOCC4)cc3)[nH]c2=O)cc1. The van der Waals surface area contributed by atoms with E-state index in [2.05, 4.69) is 25.4 Å². The van der Waals surface area contributed by atoms with E-state index >= 15 is 0 Å².